The summed E-state index contributed by atoms with van der Waals surface area (Å²) in [6.07, 6.45) is 0. The van der Waals surface area contributed by atoms with Crippen molar-refractivity contribution in [3.8, 4) is 5.69 Å². The Morgan fingerprint density at radius 1 is 1.03 bits per heavy atom. The van der Waals surface area contributed by atoms with Crippen molar-refractivity contribution in [2.75, 3.05) is 11.9 Å². The van der Waals surface area contributed by atoms with Crippen LogP contribution in [0.5, 0.6) is 0 Å². The van der Waals surface area contributed by atoms with E-state index in [1.165, 1.54) is 12.1 Å². The lowest BCUT2D eigenvalue weighted by Crippen LogP contribution is -2.27. The first kappa shape index (κ1) is 22.3. The Hall–Kier alpha value is -4.93. The van der Waals surface area contributed by atoms with E-state index in [2.05, 4.69) is 10.4 Å². The maximum Gasteiger partial charge on any atom is 0.359 e. The minimum atomic E-state index is -0.990. The third-order valence-corrected chi connectivity index (χ3v) is 4.77. The molecule has 0 fully saturated rings. The molecule has 0 radical (unpaired) electrons. The van der Waals surface area contributed by atoms with Gasteiger partial charge >= 0.3 is 5.97 Å². The maximum atomic E-state index is 13.9. The molecule has 0 bridgehead atoms. The van der Waals surface area contributed by atoms with Gasteiger partial charge in [-0.15, -0.1) is 0 Å². The van der Waals surface area contributed by atoms with Gasteiger partial charge in [-0.2, -0.15) is 9.78 Å². The molecule has 0 aliphatic heterocycles. The van der Waals surface area contributed by atoms with Gasteiger partial charge in [0.25, 0.3) is 17.2 Å². The number of halogens is 1. The van der Waals surface area contributed by atoms with Crippen molar-refractivity contribution in [3.63, 3.8) is 0 Å². The second-order valence-corrected chi connectivity index (χ2v) is 6.99. The Kier molecular flexibility index (Phi) is 6.08. The van der Waals surface area contributed by atoms with Crippen LogP contribution in [0.4, 0.5) is 15.8 Å². The number of nitro groups is 1. The summed E-state index contributed by atoms with van der Waals surface area (Å²) in [5.74, 6) is -2.81. The van der Waals surface area contributed by atoms with Gasteiger partial charge < -0.3 is 10.1 Å². The van der Waals surface area contributed by atoms with Crippen LogP contribution in [0.3, 0.4) is 0 Å². The molecule has 3 aromatic carbocycles. The summed E-state index contributed by atoms with van der Waals surface area (Å²) in [7, 11) is 0. The molecule has 0 atom stereocenters. The fraction of sp³-hybridized carbons (Fsp3) is 0.0435. The normalized spacial score (nSPS) is 10.6. The van der Waals surface area contributed by atoms with Gasteiger partial charge in [0.1, 0.15) is 5.82 Å². The first-order valence-corrected chi connectivity index (χ1v) is 9.83. The zero-order valence-electron chi connectivity index (χ0n) is 17.3. The number of rotatable bonds is 6. The number of fused-ring (bicyclic) bond motifs is 1. The number of nitro benzene ring substituents is 1. The van der Waals surface area contributed by atoms with E-state index in [-0.39, 0.29) is 16.5 Å². The summed E-state index contributed by atoms with van der Waals surface area (Å²) in [5, 5.41) is 17.6. The Balaban J connectivity index is 1.58. The second kappa shape index (κ2) is 9.28. The van der Waals surface area contributed by atoms with Crippen LogP contribution in [-0.2, 0) is 9.53 Å². The van der Waals surface area contributed by atoms with Crippen LogP contribution < -0.4 is 10.9 Å². The number of ether oxygens (including phenoxy) is 1. The monoisotopic (exact) mass is 462 g/mol. The largest absolute Gasteiger partial charge is 0.451 e. The predicted molar refractivity (Wildman–Crippen MR) is 119 cm³/mol. The lowest BCUT2D eigenvalue weighted by atomic mass is 10.1. The molecule has 1 heterocycles. The van der Waals surface area contributed by atoms with Crippen LogP contribution >= 0.6 is 0 Å². The smallest absolute Gasteiger partial charge is 0.359 e. The minimum Gasteiger partial charge on any atom is -0.451 e. The van der Waals surface area contributed by atoms with Crippen molar-refractivity contribution >= 4 is 34.0 Å². The quantitative estimate of drug-likeness (QED) is 0.264. The number of carbonyl (C=O) groups is 2. The summed E-state index contributed by atoms with van der Waals surface area (Å²) < 4.78 is 20.0. The summed E-state index contributed by atoms with van der Waals surface area (Å²) >= 11 is 0. The highest BCUT2D eigenvalue weighted by molar-refractivity contribution is 6.03. The van der Waals surface area contributed by atoms with Gasteiger partial charge in [0.2, 0.25) is 0 Å². The molecule has 170 valence electrons. The van der Waals surface area contributed by atoms with Gasteiger partial charge in [-0.05, 0) is 24.3 Å². The molecule has 0 aliphatic carbocycles. The molecule has 1 aromatic heterocycles. The van der Waals surface area contributed by atoms with E-state index in [0.717, 1.165) is 22.9 Å². The van der Waals surface area contributed by atoms with Crippen molar-refractivity contribution in [3.05, 3.63) is 105 Å². The maximum absolute atomic E-state index is 13.9. The molecule has 0 spiro atoms. The summed E-state index contributed by atoms with van der Waals surface area (Å²) in [6.45, 7) is -0.818. The minimum absolute atomic E-state index is 0.201. The van der Waals surface area contributed by atoms with Crippen molar-refractivity contribution in [2.45, 2.75) is 0 Å². The van der Waals surface area contributed by atoms with Gasteiger partial charge in [-0.1, -0.05) is 36.4 Å². The molecular weight excluding hydrogens is 447 g/mol. The first-order chi connectivity index (χ1) is 16.3. The zero-order valence-corrected chi connectivity index (χ0v) is 17.3. The fourth-order valence-electron chi connectivity index (χ4n) is 3.19. The summed E-state index contributed by atoms with van der Waals surface area (Å²) in [5.41, 5.74) is -1.08. The van der Waals surface area contributed by atoms with Crippen LogP contribution in [0.25, 0.3) is 16.5 Å². The number of anilines is 1. The molecule has 11 heteroatoms. The highest BCUT2D eigenvalue weighted by atomic mass is 19.1. The molecule has 0 saturated carbocycles. The molecule has 0 aliphatic rings. The molecular formula is C23H15FN4O6. The van der Waals surface area contributed by atoms with Gasteiger partial charge in [-0.3, -0.25) is 19.7 Å². The van der Waals surface area contributed by atoms with Crippen LogP contribution in [0.15, 0.2) is 77.6 Å². The average Bonchev–Trinajstić information content (AvgIpc) is 2.84. The number of non-ortho nitro benzene ring substituents is 1. The van der Waals surface area contributed by atoms with Crippen LogP contribution in [0, 0.1) is 15.9 Å². The van der Waals surface area contributed by atoms with E-state index >= 15 is 0 Å². The molecule has 0 saturated heterocycles. The third-order valence-electron chi connectivity index (χ3n) is 4.77. The number of nitrogens with one attached hydrogen (secondary N) is 1. The lowest BCUT2D eigenvalue weighted by Gasteiger charge is -2.11. The van der Waals surface area contributed by atoms with Gasteiger partial charge in [0.05, 0.1) is 21.7 Å². The number of benzene rings is 3. The number of carbonyl (C=O) groups excluding carboxylic acids is 2. The number of esters is 1. The van der Waals surface area contributed by atoms with Crippen LogP contribution in [-0.4, -0.2) is 33.2 Å². The van der Waals surface area contributed by atoms with Crippen LogP contribution in [0.2, 0.25) is 0 Å². The lowest BCUT2D eigenvalue weighted by molar-refractivity contribution is -0.384. The van der Waals surface area contributed by atoms with E-state index in [1.54, 1.807) is 42.5 Å². The molecule has 0 unspecified atom stereocenters. The Bertz CT molecular complexity index is 1490. The SMILES string of the molecule is O=C(COC(=O)c1nn(-c2ccccc2)c(=O)c2ccccc12)Nc1cc([N+](=O)[O-])ccc1F. The van der Waals surface area contributed by atoms with E-state index in [9.17, 15) is 28.9 Å². The Morgan fingerprint density at radius 2 is 1.71 bits per heavy atom. The van der Waals surface area contributed by atoms with Gasteiger partial charge in [-0.25, -0.2) is 9.18 Å². The van der Waals surface area contributed by atoms with Gasteiger partial charge in [0.15, 0.2) is 12.3 Å². The molecule has 34 heavy (non-hydrogen) atoms. The van der Waals surface area contributed by atoms with Crippen LogP contribution in [0.1, 0.15) is 10.5 Å². The number of nitrogens with zero attached hydrogens (tertiary/aromatic N) is 3. The molecule has 4 aromatic rings. The Morgan fingerprint density at radius 3 is 2.41 bits per heavy atom. The molecule has 10 nitrogen and oxygen atoms in total. The highest BCUT2D eigenvalue weighted by Crippen LogP contribution is 2.21. The fourth-order valence-corrected chi connectivity index (χ4v) is 3.19. The number of aromatic nitrogens is 2. The standard InChI is InChI=1S/C23H15FN4O6/c24-18-11-10-15(28(32)33)12-19(18)25-20(29)13-34-23(31)21-16-8-4-5-9-17(16)22(30)27(26-21)14-6-2-1-3-7-14/h1-12H,13H2,(H,25,29). The predicted octanol–water partition coefficient (Wildman–Crippen LogP) is 3.23. The first-order valence-electron chi connectivity index (χ1n) is 9.83. The van der Waals surface area contributed by atoms with Gasteiger partial charge in [0, 0.05) is 17.5 Å². The van der Waals surface area contributed by atoms with Crippen molar-refractivity contribution in [1.82, 2.24) is 9.78 Å². The molecule has 1 amide bonds. The molecule has 1 N–H and O–H groups in total. The van der Waals surface area contributed by atoms with E-state index in [1.807, 2.05) is 0 Å². The third kappa shape index (κ3) is 4.48. The second-order valence-electron chi connectivity index (χ2n) is 6.99. The van der Waals surface area contributed by atoms with E-state index in [4.69, 9.17) is 4.74 Å². The number of para-hydroxylation sites is 1. The number of hydrogen-bond acceptors (Lipinski definition) is 7. The van der Waals surface area contributed by atoms with Crippen molar-refractivity contribution in [2.24, 2.45) is 0 Å². The number of hydrogen-bond donors (Lipinski definition) is 1. The molecule has 4 rings (SSSR count). The topological polar surface area (TPSA) is 133 Å². The summed E-state index contributed by atoms with van der Waals surface area (Å²) in [6, 6.07) is 17.4. The average molecular weight is 462 g/mol. The number of amides is 1. The van der Waals surface area contributed by atoms with Crippen molar-refractivity contribution in [1.29, 1.82) is 0 Å². The Labute approximate surface area is 190 Å². The highest BCUT2D eigenvalue weighted by Gasteiger charge is 2.20. The van der Waals surface area contributed by atoms with E-state index in [0.29, 0.717) is 5.69 Å². The summed E-state index contributed by atoms with van der Waals surface area (Å²) in [4.78, 5) is 48.0. The van der Waals surface area contributed by atoms with E-state index < -0.39 is 46.2 Å². The van der Waals surface area contributed by atoms with Crippen molar-refractivity contribution < 1.29 is 23.6 Å². The zero-order chi connectivity index (χ0) is 24.2.